The lowest BCUT2D eigenvalue weighted by molar-refractivity contribution is 0.0686. The SMILES string of the molecule is O=C(O)c1nc(C2CCCCC2)n2c1CCC(O)C2. The summed E-state index contributed by atoms with van der Waals surface area (Å²) in [4.78, 5) is 15.7. The molecular formula is C14H20N2O3. The number of fused-ring (bicyclic) bond motifs is 1. The predicted octanol–water partition coefficient (Wildman–Crippen LogP) is 1.94. The summed E-state index contributed by atoms with van der Waals surface area (Å²) < 4.78 is 1.98. The van der Waals surface area contributed by atoms with Crippen molar-refractivity contribution in [3.05, 3.63) is 17.2 Å². The van der Waals surface area contributed by atoms with Crippen molar-refractivity contribution in [1.29, 1.82) is 0 Å². The highest BCUT2D eigenvalue weighted by atomic mass is 16.4. The molecule has 1 fully saturated rings. The Bertz CT molecular complexity index is 489. The Hall–Kier alpha value is -1.36. The molecule has 2 heterocycles. The number of hydrogen-bond acceptors (Lipinski definition) is 3. The Kier molecular flexibility index (Phi) is 3.31. The number of hydrogen-bond donors (Lipinski definition) is 2. The van der Waals surface area contributed by atoms with E-state index < -0.39 is 5.97 Å². The van der Waals surface area contributed by atoms with Crippen molar-refractivity contribution in [1.82, 2.24) is 9.55 Å². The van der Waals surface area contributed by atoms with Gasteiger partial charge < -0.3 is 14.8 Å². The van der Waals surface area contributed by atoms with Crippen LogP contribution in [0.3, 0.4) is 0 Å². The van der Waals surface area contributed by atoms with Gasteiger partial charge in [0, 0.05) is 5.92 Å². The van der Waals surface area contributed by atoms with E-state index in [1.807, 2.05) is 4.57 Å². The molecule has 19 heavy (non-hydrogen) atoms. The van der Waals surface area contributed by atoms with E-state index >= 15 is 0 Å². The van der Waals surface area contributed by atoms with Crippen LogP contribution in [0.4, 0.5) is 0 Å². The molecule has 1 saturated carbocycles. The fraction of sp³-hybridized carbons (Fsp3) is 0.714. The predicted molar refractivity (Wildman–Crippen MR) is 69.3 cm³/mol. The third-order valence-corrected chi connectivity index (χ3v) is 4.38. The lowest BCUT2D eigenvalue weighted by Gasteiger charge is -2.26. The Morgan fingerprint density at radius 3 is 2.63 bits per heavy atom. The van der Waals surface area contributed by atoms with Gasteiger partial charge in [-0.1, -0.05) is 19.3 Å². The summed E-state index contributed by atoms with van der Waals surface area (Å²) in [7, 11) is 0. The van der Waals surface area contributed by atoms with Gasteiger partial charge in [-0.2, -0.15) is 0 Å². The largest absolute Gasteiger partial charge is 0.476 e. The second-order valence-corrected chi connectivity index (χ2v) is 5.71. The maximum atomic E-state index is 11.3. The Balaban J connectivity index is 2.01. The van der Waals surface area contributed by atoms with E-state index in [-0.39, 0.29) is 11.8 Å². The third kappa shape index (κ3) is 2.27. The molecule has 1 aliphatic heterocycles. The highest BCUT2D eigenvalue weighted by Gasteiger charge is 2.30. The molecule has 1 aromatic rings. The summed E-state index contributed by atoms with van der Waals surface area (Å²) >= 11 is 0. The van der Waals surface area contributed by atoms with Gasteiger partial charge in [-0.3, -0.25) is 0 Å². The van der Waals surface area contributed by atoms with E-state index in [0.29, 0.717) is 25.3 Å². The molecule has 2 N–H and O–H groups in total. The van der Waals surface area contributed by atoms with Crippen molar-refractivity contribution in [3.8, 4) is 0 Å². The number of aliphatic hydroxyl groups excluding tert-OH is 1. The fourth-order valence-electron chi connectivity index (χ4n) is 3.41. The number of aliphatic hydroxyl groups is 1. The lowest BCUT2D eigenvalue weighted by Crippen LogP contribution is -2.27. The van der Waals surface area contributed by atoms with Gasteiger partial charge in [-0.25, -0.2) is 9.78 Å². The van der Waals surface area contributed by atoms with E-state index in [0.717, 1.165) is 24.4 Å². The molecule has 5 nitrogen and oxygen atoms in total. The molecule has 1 unspecified atom stereocenters. The summed E-state index contributed by atoms with van der Waals surface area (Å²) in [6.07, 6.45) is 6.70. The first kappa shape index (κ1) is 12.7. The van der Waals surface area contributed by atoms with Crippen molar-refractivity contribution in [2.45, 2.75) is 63.5 Å². The van der Waals surface area contributed by atoms with Gasteiger partial charge in [0.1, 0.15) is 5.82 Å². The standard InChI is InChI=1S/C14H20N2O3/c17-10-6-7-11-12(14(18)19)15-13(16(11)8-10)9-4-2-1-3-5-9/h9-10,17H,1-8H2,(H,18,19). The van der Waals surface area contributed by atoms with E-state index in [9.17, 15) is 15.0 Å². The van der Waals surface area contributed by atoms with E-state index in [4.69, 9.17) is 0 Å². The van der Waals surface area contributed by atoms with Crippen LogP contribution < -0.4 is 0 Å². The molecular weight excluding hydrogens is 244 g/mol. The average molecular weight is 264 g/mol. The van der Waals surface area contributed by atoms with E-state index in [2.05, 4.69) is 4.98 Å². The molecule has 3 rings (SSSR count). The van der Waals surface area contributed by atoms with Crippen LogP contribution in [0.5, 0.6) is 0 Å². The third-order valence-electron chi connectivity index (χ3n) is 4.38. The molecule has 0 spiro atoms. The van der Waals surface area contributed by atoms with Crippen LogP contribution in [-0.2, 0) is 13.0 Å². The van der Waals surface area contributed by atoms with Gasteiger partial charge in [0.25, 0.3) is 0 Å². The molecule has 0 bridgehead atoms. The zero-order valence-electron chi connectivity index (χ0n) is 11.0. The van der Waals surface area contributed by atoms with Gasteiger partial charge in [-0.15, -0.1) is 0 Å². The van der Waals surface area contributed by atoms with Crippen molar-refractivity contribution >= 4 is 5.97 Å². The number of carboxylic acid groups (broad SMARTS) is 1. The number of aromatic nitrogens is 2. The zero-order valence-corrected chi connectivity index (χ0v) is 11.0. The molecule has 1 aliphatic carbocycles. The van der Waals surface area contributed by atoms with Crippen molar-refractivity contribution in [2.75, 3.05) is 0 Å². The average Bonchev–Trinajstić information content (AvgIpc) is 2.78. The molecule has 104 valence electrons. The summed E-state index contributed by atoms with van der Waals surface area (Å²) in [6.45, 7) is 0.501. The number of nitrogens with zero attached hydrogens (tertiary/aromatic N) is 2. The maximum absolute atomic E-state index is 11.3. The van der Waals surface area contributed by atoms with Crippen LogP contribution in [0.15, 0.2) is 0 Å². The Morgan fingerprint density at radius 1 is 1.21 bits per heavy atom. The van der Waals surface area contributed by atoms with Crippen molar-refractivity contribution in [3.63, 3.8) is 0 Å². The maximum Gasteiger partial charge on any atom is 0.356 e. The summed E-state index contributed by atoms with van der Waals surface area (Å²) in [6, 6.07) is 0. The first-order valence-corrected chi connectivity index (χ1v) is 7.17. The number of carbonyl (C=O) groups is 1. The van der Waals surface area contributed by atoms with Gasteiger partial charge >= 0.3 is 5.97 Å². The topological polar surface area (TPSA) is 75.3 Å². The minimum absolute atomic E-state index is 0.201. The Morgan fingerprint density at radius 2 is 1.95 bits per heavy atom. The smallest absolute Gasteiger partial charge is 0.356 e. The van der Waals surface area contributed by atoms with Crippen molar-refractivity contribution in [2.24, 2.45) is 0 Å². The normalized spacial score (nSPS) is 24.2. The van der Waals surface area contributed by atoms with Gasteiger partial charge in [-0.05, 0) is 25.7 Å². The quantitative estimate of drug-likeness (QED) is 0.856. The van der Waals surface area contributed by atoms with Gasteiger partial charge in [0.05, 0.1) is 18.3 Å². The minimum atomic E-state index is -0.942. The monoisotopic (exact) mass is 264 g/mol. The van der Waals surface area contributed by atoms with Crippen molar-refractivity contribution < 1.29 is 15.0 Å². The highest BCUT2D eigenvalue weighted by Crippen LogP contribution is 2.34. The number of imidazole rings is 1. The van der Waals surface area contributed by atoms with E-state index in [1.165, 1.54) is 19.3 Å². The van der Waals surface area contributed by atoms with Gasteiger partial charge in [0.15, 0.2) is 5.69 Å². The molecule has 1 aromatic heterocycles. The number of aromatic carboxylic acids is 1. The summed E-state index contributed by atoms with van der Waals surface area (Å²) in [5.41, 5.74) is 1.01. The van der Waals surface area contributed by atoms with Crippen LogP contribution >= 0.6 is 0 Å². The van der Waals surface area contributed by atoms with E-state index in [1.54, 1.807) is 0 Å². The van der Waals surface area contributed by atoms with Crippen LogP contribution in [-0.4, -0.2) is 31.8 Å². The second-order valence-electron chi connectivity index (χ2n) is 5.71. The highest BCUT2D eigenvalue weighted by molar-refractivity contribution is 5.87. The Labute approximate surface area is 112 Å². The molecule has 0 saturated heterocycles. The fourth-order valence-corrected chi connectivity index (χ4v) is 3.41. The summed E-state index contributed by atoms with van der Waals surface area (Å²) in [5.74, 6) is 0.318. The molecule has 0 radical (unpaired) electrons. The molecule has 5 heteroatoms. The molecule has 0 aromatic carbocycles. The second kappa shape index (κ2) is 4.96. The summed E-state index contributed by atoms with van der Waals surface area (Å²) in [5, 5.41) is 19.1. The molecule has 1 atom stereocenters. The number of carboxylic acids is 1. The first-order valence-electron chi connectivity index (χ1n) is 7.17. The van der Waals surface area contributed by atoms with Crippen LogP contribution in [0.1, 0.15) is 66.4 Å². The van der Waals surface area contributed by atoms with Crippen LogP contribution in [0, 0.1) is 0 Å². The first-order chi connectivity index (χ1) is 9.16. The molecule has 0 amide bonds. The minimum Gasteiger partial charge on any atom is -0.476 e. The lowest BCUT2D eigenvalue weighted by atomic mass is 9.88. The van der Waals surface area contributed by atoms with Crippen LogP contribution in [0.2, 0.25) is 0 Å². The zero-order chi connectivity index (χ0) is 13.4. The van der Waals surface area contributed by atoms with Crippen LogP contribution in [0.25, 0.3) is 0 Å². The molecule has 2 aliphatic rings. The van der Waals surface area contributed by atoms with Gasteiger partial charge in [0.2, 0.25) is 0 Å². The number of rotatable bonds is 2.